The van der Waals surface area contributed by atoms with E-state index in [0.29, 0.717) is 0 Å². The molecule has 0 radical (unpaired) electrons. The van der Waals surface area contributed by atoms with E-state index < -0.39 is 10.0 Å². The Kier molecular flexibility index (Phi) is 8.07. The van der Waals surface area contributed by atoms with Gasteiger partial charge in [0.05, 0.1) is 11.1 Å². The van der Waals surface area contributed by atoms with Gasteiger partial charge in [-0.15, -0.1) is 0 Å². The first-order chi connectivity index (χ1) is 9.71. The molecule has 0 amide bonds. The number of aryl methyl sites for hydroxylation is 1. The molecule has 0 bridgehead atoms. The summed E-state index contributed by atoms with van der Waals surface area (Å²) < 4.78 is 23.6. The third-order valence-electron chi connectivity index (χ3n) is 2.17. The van der Waals surface area contributed by atoms with Gasteiger partial charge in [0.15, 0.2) is 0 Å². The fourth-order valence-electron chi connectivity index (χ4n) is 1.16. The van der Waals surface area contributed by atoms with Gasteiger partial charge >= 0.3 is 18.9 Å². The van der Waals surface area contributed by atoms with Gasteiger partial charge in [-0.2, -0.15) is 0 Å². The Balaban J connectivity index is 0.00000441. The van der Waals surface area contributed by atoms with Crippen LogP contribution in [0, 0.1) is 36.0 Å². The van der Waals surface area contributed by atoms with Crippen LogP contribution in [-0.4, -0.2) is 14.6 Å². The first-order valence-electron chi connectivity index (χ1n) is 6.29. The summed E-state index contributed by atoms with van der Waals surface area (Å²) in [6.45, 7) is 7.79. The largest absolute Gasteiger partial charge is 1.00 e. The molecule has 6 heteroatoms. The van der Waals surface area contributed by atoms with E-state index in [0.717, 1.165) is 11.8 Å². The summed E-state index contributed by atoms with van der Waals surface area (Å²) in [4.78, 5) is 3.40. The molecule has 0 aromatic heterocycles. The molecule has 110 valence electrons. The number of hydrogen-bond donors (Lipinski definition) is 0. The van der Waals surface area contributed by atoms with Crippen molar-refractivity contribution in [1.82, 2.24) is 0 Å². The normalized spacial score (nSPS) is 10.7. The van der Waals surface area contributed by atoms with Crippen LogP contribution in [0.4, 0.5) is 0 Å². The zero-order valence-electron chi connectivity index (χ0n) is 13.5. The number of rotatable bonds is 3. The summed E-state index contributed by atoms with van der Waals surface area (Å²) in [5.41, 5.74) is 0.853. The molecule has 0 aliphatic rings. The van der Waals surface area contributed by atoms with Crippen molar-refractivity contribution in [3.8, 4) is 23.7 Å². The number of benzene rings is 1. The molecule has 0 atom stereocenters. The third-order valence-corrected chi connectivity index (χ3v) is 3.35. The van der Waals surface area contributed by atoms with Crippen molar-refractivity contribution in [2.75, 3.05) is 0 Å². The predicted octanol–water partition coefficient (Wildman–Crippen LogP) is 0.100. The van der Waals surface area contributed by atoms with Crippen LogP contribution in [0.15, 0.2) is 34.3 Å². The second-order valence-corrected chi connectivity index (χ2v) is 6.97. The fourth-order valence-corrected chi connectivity index (χ4v) is 1.90. The minimum Gasteiger partial charge on any atom is -0.490 e. The summed E-state index contributed by atoms with van der Waals surface area (Å²) in [5.74, 6) is 10.7. The van der Waals surface area contributed by atoms with E-state index in [-0.39, 0.29) is 29.2 Å². The molecule has 4 nitrogen and oxygen atoms in total. The molecule has 1 aromatic rings. The number of sulfonamides is 1. The summed E-state index contributed by atoms with van der Waals surface area (Å²) >= 11 is 0. The van der Waals surface area contributed by atoms with E-state index in [2.05, 4.69) is 33.6 Å². The Hall–Kier alpha value is -1.64. The van der Waals surface area contributed by atoms with Crippen LogP contribution in [0.1, 0.15) is 26.3 Å². The minimum absolute atomic E-state index is 0. The Morgan fingerprint density at radius 2 is 1.73 bits per heavy atom. The molecule has 0 N–H and O–H groups in total. The van der Waals surface area contributed by atoms with Crippen molar-refractivity contribution in [1.29, 1.82) is 0 Å². The van der Waals surface area contributed by atoms with E-state index in [4.69, 9.17) is 0 Å². The SMILES string of the molecule is Cc1ccc(S(=O)(=O)[N-]/N=C\C#CC#CC(C)(C)C)cc1.[Li+]. The monoisotopic (exact) mass is 308 g/mol. The molecule has 0 aliphatic heterocycles. The van der Waals surface area contributed by atoms with Crippen molar-refractivity contribution in [3.05, 3.63) is 34.7 Å². The van der Waals surface area contributed by atoms with E-state index in [9.17, 15) is 8.42 Å². The number of hydrogen-bond acceptors (Lipinski definition) is 3. The maximum atomic E-state index is 11.8. The molecule has 0 spiro atoms. The van der Waals surface area contributed by atoms with Gasteiger partial charge in [-0.25, -0.2) is 8.42 Å². The molecule has 0 heterocycles. The molecule has 22 heavy (non-hydrogen) atoms. The van der Waals surface area contributed by atoms with Crippen molar-refractivity contribution in [3.63, 3.8) is 0 Å². The van der Waals surface area contributed by atoms with Crippen LogP contribution in [0.5, 0.6) is 0 Å². The second-order valence-electron chi connectivity index (χ2n) is 5.38. The fraction of sp³-hybridized carbons (Fsp3) is 0.312. The first kappa shape index (κ1) is 20.4. The molecule has 0 fully saturated rings. The van der Waals surface area contributed by atoms with E-state index in [1.54, 1.807) is 12.1 Å². The van der Waals surface area contributed by atoms with E-state index in [1.165, 1.54) is 12.1 Å². The summed E-state index contributed by atoms with van der Waals surface area (Å²) in [6, 6.07) is 6.39. The topological polar surface area (TPSA) is 60.6 Å². The number of nitrogens with zero attached hydrogens (tertiary/aromatic N) is 2. The standard InChI is InChI=1S/C16H17N2O2S.Li/c1-14-8-10-15(11-9-14)21(19,20)18-17-13-7-5-6-12-16(2,3)4;/h8-11,13H,1-4H3;/q-1;+1/b17-13-;. The molecule has 1 rings (SSSR count). The van der Waals surface area contributed by atoms with Crippen LogP contribution < -0.4 is 18.9 Å². The average Bonchev–Trinajstić information content (AvgIpc) is 2.36. The van der Waals surface area contributed by atoms with Crippen LogP contribution >= 0.6 is 0 Å². The van der Waals surface area contributed by atoms with Crippen molar-refractivity contribution < 1.29 is 27.3 Å². The summed E-state index contributed by atoms with van der Waals surface area (Å²) in [6.07, 6.45) is 1.11. The predicted molar refractivity (Wildman–Crippen MR) is 85.2 cm³/mol. The summed E-state index contributed by atoms with van der Waals surface area (Å²) in [5, 5.41) is 3.45. The first-order valence-corrected chi connectivity index (χ1v) is 7.73. The van der Waals surface area contributed by atoms with E-state index >= 15 is 0 Å². The van der Waals surface area contributed by atoms with Gasteiger partial charge in [-0.05, 0) is 57.6 Å². The minimum atomic E-state index is -3.77. The molecular weight excluding hydrogens is 291 g/mol. The van der Waals surface area contributed by atoms with Crippen LogP contribution in [0.2, 0.25) is 0 Å². The summed E-state index contributed by atoms with van der Waals surface area (Å²) in [7, 11) is -3.77. The smallest absolute Gasteiger partial charge is 0.490 e. The third kappa shape index (κ3) is 7.96. The Morgan fingerprint density at radius 1 is 1.14 bits per heavy atom. The van der Waals surface area contributed by atoms with Gasteiger partial charge < -0.3 is 9.93 Å². The Labute approximate surface area is 145 Å². The maximum Gasteiger partial charge on any atom is 1.00 e. The van der Waals surface area contributed by atoms with Gasteiger partial charge in [0, 0.05) is 5.41 Å². The van der Waals surface area contributed by atoms with Crippen molar-refractivity contribution >= 4 is 16.2 Å². The zero-order chi connectivity index (χ0) is 15.9. The molecule has 1 aromatic carbocycles. The maximum absolute atomic E-state index is 11.8. The van der Waals surface area contributed by atoms with Crippen LogP contribution in [0.3, 0.4) is 0 Å². The van der Waals surface area contributed by atoms with Gasteiger partial charge in [0.1, 0.15) is 10.0 Å². The Morgan fingerprint density at radius 3 is 2.27 bits per heavy atom. The molecule has 0 saturated heterocycles. The van der Waals surface area contributed by atoms with Gasteiger partial charge in [-0.3, -0.25) is 0 Å². The van der Waals surface area contributed by atoms with Crippen LogP contribution in [-0.2, 0) is 10.0 Å². The van der Waals surface area contributed by atoms with Gasteiger partial charge in [-0.1, -0.05) is 23.6 Å². The van der Waals surface area contributed by atoms with Crippen LogP contribution in [0.25, 0.3) is 4.83 Å². The molecular formula is C16H17LiN2O2S. The quantitative estimate of drug-likeness (QED) is 0.344. The van der Waals surface area contributed by atoms with Crippen molar-refractivity contribution in [2.24, 2.45) is 10.5 Å². The zero-order valence-corrected chi connectivity index (χ0v) is 14.3. The molecule has 0 aliphatic carbocycles. The second kappa shape index (κ2) is 8.72. The Bertz CT molecular complexity index is 738. The average molecular weight is 308 g/mol. The molecule has 0 unspecified atom stereocenters. The van der Waals surface area contributed by atoms with Gasteiger partial charge in [0.25, 0.3) is 0 Å². The van der Waals surface area contributed by atoms with E-state index in [1.807, 2.05) is 27.7 Å². The molecule has 0 saturated carbocycles. The van der Waals surface area contributed by atoms with Gasteiger partial charge in [0.2, 0.25) is 0 Å². The van der Waals surface area contributed by atoms with Crippen molar-refractivity contribution in [2.45, 2.75) is 32.6 Å².